The van der Waals surface area contributed by atoms with Gasteiger partial charge in [0.1, 0.15) is 16.6 Å². The van der Waals surface area contributed by atoms with Crippen molar-refractivity contribution in [1.82, 2.24) is 4.37 Å². The van der Waals surface area contributed by atoms with Gasteiger partial charge in [-0.3, -0.25) is 0 Å². The van der Waals surface area contributed by atoms with Crippen LogP contribution < -0.4 is 11.1 Å². The molecule has 0 aliphatic heterocycles. The van der Waals surface area contributed by atoms with E-state index in [2.05, 4.69) is 36.5 Å². The van der Waals surface area contributed by atoms with Crippen LogP contribution in [0.3, 0.4) is 0 Å². The Morgan fingerprint density at radius 3 is 2.73 bits per heavy atom. The molecule has 0 radical (unpaired) electrons. The molecular formula is C10H16N4S. The lowest BCUT2D eigenvalue weighted by Crippen LogP contribution is -2.24. The Hall–Kier alpha value is -1.28. The van der Waals surface area contributed by atoms with Gasteiger partial charge in [-0.25, -0.2) is 0 Å². The van der Waals surface area contributed by atoms with Crippen LogP contribution in [0.25, 0.3) is 0 Å². The van der Waals surface area contributed by atoms with Crippen LogP contribution in [0, 0.1) is 17.2 Å². The molecule has 0 aliphatic rings. The molecule has 5 heteroatoms. The minimum absolute atomic E-state index is 0.323. The summed E-state index contributed by atoms with van der Waals surface area (Å²) in [5.41, 5.74) is 6.05. The Balaban J connectivity index is 2.84. The highest BCUT2D eigenvalue weighted by molar-refractivity contribution is 7.10. The Kier molecular flexibility index (Phi) is 3.92. The molecule has 1 aromatic rings. The molecule has 1 heterocycles. The van der Waals surface area contributed by atoms with Gasteiger partial charge in [0.2, 0.25) is 0 Å². The average Bonchev–Trinajstić information content (AvgIpc) is 2.54. The highest BCUT2D eigenvalue weighted by Gasteiger charge is 2.16. The zero-order valence-corrected chi connectivity index (χ0v) is 10.1. The molecule has 15 heavy (non-hydrogen) atoms. The van der Waals surface area contributed by atoms with Gasteiger partial charge in [0.15, 0.2) is 5.82 Å². The number of rotatable bonds is 4. The number of anilines is 2. The van der Waals surface area contributed by atoms with Crippen LogP contribution in [0.1, 0.15) is 32.8 Å². The number of aromatic nitrogens is 1. The molecule has 0 amide bonds. The first-order valence-corrected chi connectivity index (χ1v) is 5.79. The number of hydrogen-bond acceptors (Lipinski definition) is 5. The van der Waals surface area contributed by atoms with Crippen molar-refractivity contribution in [2.24, 2.45) is 5.92 Å². The van der Waals surface area contributed by atoms with Gasteiger partial charge >= 0.3 is 0 Å². The Labute approximate surface area is 94.3 Å². The largest absolute Gasteiger partial charge is 0.382 e. The van der Waals surface area contributed by atoms with Crippen LogP contribution in [0.5, 0.6) is 0 Å². The van der Waals surface area contributed by atoms with Gasteiger partial charge in [-0.15, -0.1) is 0 Å². The second kappa shape index (κ2) is 4.99. The normalized spacial score (nSPS) is 12.5. The third-order valence-corrected chi connectivity index (χ3v) is 3.18. The summed E-state index contributed by atoms with van der Waals surface area (Å²) in [5, 5.41) is 13.0. The van der Waals surface area contributed by atoms with E-state index in [0.29, 0.717) is 23.3 Å². The standard InChI is InChI=1S/C10H16N4S/c1-4-8(6(2)3)13-10-7(5-11)9(12)14-15-10/h6,8,13H,4H2,1-3H3,(H2,12,14). The van der Waals surface area contributed by atoms with Crippen molar-refractivity contribution in [3.8, 4) is 6.07 Å². The number of nitrogen functional groups attached to an aromatic ring is 1. The minimum Gasteiger partial charge on any atom is -0.382 e. The summed E-state index contributed by atoms with van der Waals surface area (Å²) in [7, 11) is 0. The fourth-order valence-electron chi connectivity index (χ4n) is 1.42. The van der Waals surface area contributed by atoms with Crippen LogP contribution in [-0.2, 0) is 0 Å². The molecular weight excluding hydrogens is 208 g/mol. The molecule has 82 valence electrons. The summed E-state index contributed by atoms with van der Waals surface area (Å²) >= 11 is 1.25. The van der Waals surface area contributed by atoms with Crippen LogP contribution in [-0.4, -0.2) is 10.4 Å². The van der Waals surface area contributed by atoms with Gasteiger partial charge in [0.25, 0.3) is 0 Å². The van der Waals surface area contributed by atoms with Crippen molar-refractivity contribution in [2.75, 3.05) is 11.1 Å². The summed E-state index contributed by atoms with van der Waals surface area (Å²) in [6.07, 6.45) is 1.01. The van der Waals surface area contributed by atoms with Crippen molar-refractivity contribution in [3.63, 3.8) is 0 Å². The molecule has 1 atom stereocenters. The second-order valence-corrected chi connectivity index (χ2v) is 4.56. The maximum Gasteiger partial charge on any atom is 0.157 e. The smallest absolute Gasteiger partial charge is 0.157 e. The van der Waals surface area contributed by atoms with E-state index in [1.165, 1.54) is 11.5 Å². The summed E-state index contributed by atoms with van der Waals surface area (Å²) in [4.78, 5) is 0. The molecule has 0 saturated carbocycles. The SMILES string of the molecule is CCC(Nc1snc(N)c1C#N)C(C)C. The predicted octanol–water partition coefficient (Wildman–Crippen LogP) is 2.44. The van der Waals surface area contributed by atoms with Crippen LogP contribution in [0.15, 0.2) is 0 Å². The van der Waals surface area contributed by atoms with E-state index in [1.54, 1.807) is 0 Å². The van der Waals surface area contributed by atoms with E-state index in [1.807, 2.05) is 0 Å². The molecule has 0 spiro atoms. The van der Waals surface area contributed by atoms with Crippen LogP contribution >= 0.6 is 11.5 Å². The molecule has 4 nitrogen and oxygen atoms in total. The second-order valence-electron chi connectivity index (χ2n) is 3.79. The molecule has 0 aliphatic carbocycles. The van der Waals surface area contributed by atoms with Gasteiger partial charge < -0.3 is 11.1 Å². The van der Waals surface area contributed by atoms with Gasteiger partial charge in [-0.2, -0.15) is 9.64 Å². The number of nitrogens with one attached hydrogen (secondary N) is 1. The van der Waals surface area contributed by atoms with Gasteiger partial charge in [0.05, 0.1) is 0 Å². The Morgan fingerprint density at radius 2 is 2.27 bits per heavy atom. The predicted molar refractivity (Wildman–Crippen MR) is 63.8 cm³/mol. The van der Waals surface area contributed by atoms with Gasteiger partial charge in [-0.1, -0.05) is 20.8 Å². The third kappa shape index (κ3) is 2.60. The number of nitrogens with two attached hydrogens (primary N) is 1. The highest BCUT2D eigenvalue weighted by Crippen LogP contribution is 2.27. The van der Waals surface area contributed by atoms with E-state index in [0.717, 1.165) is 11.4 Å². The lowest BCUT2D eigenvalue weighted by Gasteiger charge is -2.20. The van der Waals surface area contributed by atoms with E-state index in [9.17, 15) is 0 Å². The first-order chi connectivity index (χ1) is 7.10. The first-order valence-electron chi connectivity index (χ1n) is 5.01. The lowest BCUT2D eigenvalue weighted by atomic mass is 10.0. The molecule has 0 saturated heterocycles. The maximum absolute atomic E-state index is 8.91. The maximum atomic E-state index is 8.91. The van der Waals surface area contributed by atoms with E-state index in [4.69, 9.17) is 11.0 Å². The third-order valence-electron chi connectivity index (χ3n) is 2.39. The molecule has 0 aromatic carbocycles. The topological polar surface area (TPSA) is 74.7 Å². The lowest BCUT2D eigenvalue weighted by molar-refractivity contribution is 0.512. The monoisotopic (exact) mass is 224 g/mol. The van der Waals surface area contributed by atoms with Crippen LogP contribution in [0.2, 0.25) is 0 Å². The minimum atomic E-state index is 0.323. The molecule has 0 bridgehead atoms. The number of nitriles is 1. The summed E-state index contributed by atoms with van der Waals surface area (Å²) in [6.45, 7) is 6.42. The number of nitrogens with zero attached hydrogens (tertiary/aromatic N) is 2. The molecule has 0 fully saturated rings. The molecule has 3 N–H and O–H groups in total. The van der Waals surface area contributed by atoms with Gasteiger partial charge in [-0.05, 0) is 23.9 Å². The molecule has 1 aromatic heterocycles. The van der Waals surface area contributed by atoms with E-state index in [-0.39, 0.29) is 0 Å². The molecule has 1 unspecified atom stereocenters. The van der Waals surface area contributed by atoms with E-state index < -0.39 is 0 Å². The highest BCUT2D eigenvalue weighted by atomic mass is 32.1. The van der Waals surface area contributed by atoms with Crippen molar-refractivity contribution in [2.45, 2.75) is 33.2 Å². The summed E-state index contributed by atoms with van der Waals surface area (Å²) in [6, 6.07) is 2.43. The summed E-state index contributed by atoms with van der Waals surface area (Å²) < 4.78 is 3.97. The quantitative estimate of drug-likeness (QED) is 0.823. The first kappa shape index (κ1) is 11.8. The van der Waals surface area contributed by atoms with Crippen molar-refractivity contribution in [1.29, 1.82) is 5.26 Å². The Bertz CT molecular complexity index is 364. The van der Waals surface area contributed by atoms with E-state index >= 15 is 0 Å². The zero-order valence-electron chi connectivity index (χ0n) is 9.24. The summed E-state index contributed by atoms with van der Waals surface area (Å²) in [5.74, 6) is 0.841. The Morgan fingerprint density at radius 1 is 1.60 bits per heavy atom. The fourth-order valence-corrected chi connectivity index (χ4v) is 2.14. The number of hydrogen-bond donors (Lipinski definition) is 2. The fraction of sp³-hybridized carbons (Fsp3) is 0.600. The van der Waals surface area contributed by atoms with Crippen molar-refractivity contribution in [3.05, 3.63) is 5.56 Å². The average molecular weight is 224 g/mol. The van der Waals surface area contributed by atoms with Crippen molar-refractivity contribution < 1.29 is 0 Å². The zero-order chi connectivity index (χ0) is 11.4. The van der Waals surface area contributed by atoms with Crippen molar-refractivity contribution >= 4 is 22.4 Å². The van der Waals surface area contributed by atoms with Crippen LogP contribution in [0.4, 0.5) is 10.8 Å². The molecule has 1 rings (SSSR count). The van der Waals surface area contributed by atoms with Gasteiger partial charge in [0, 0.05) is 6.04 Å².